The summed E-state index contributed by atoms with van der Waals surface area (Å²) in [5.74, 6) is 0. The number of thiazole rings is 1. The van der Waals surface area contributed by atoms with E-state index in [4.69, 9.17) is 0 Å². The quantitative estimate of drug-likeness (QED) is 0.856. The number of anilines is 1. The van der Waals surface area contributed by atoms with Crippen molar-refractivity contribution in [3.05, 3.63) is 10.6 Å². The molecule has 4 heteroatoms. The van der Waals surface area contributed by atoms with Gasteiger partial charge in [-0.25, -0.2) is 4.98 Å². The molecule has 3 heterocycles. The van der Waals surface area contributed by atoms with Crippen molar-refractivity contribution in [1.82, 2.24) is 9.88 Å². The minimum absolute atomic E-state index is 0.632. The van der Waals surface area contributed by atoms with Gasteiger partial charge < -0.3 is 5.32 Å². The Morgan fingerprint density at radius 3 is 2.94 bits per heavy atom. The summed E-state index contributed by atoms with van der Waals surface area (Å²) in [6.07, 6.45) is 4.02. The van der Waals surface area contributed by atoms with E-state index >= 15 is 0 Å². The second-order valence-corrected chi connectivity index (χ2v) is 6.15. The Labute approximate surface area is 101 Å². The highest BCUT2D eigenvalue weighted by atomic mass is 32.1. The summed E-state index contributed by atoms with van der Waals surface area (Å²) in [5, 5.41) is 4.76. The van der Waals surface area contributed by atoms with Gasteiger partial charge in [-0.15, -0.1) is 11.3 Å². The third-order valence-corrected chi connectivity index (χ3v) is 4.95. The van der Waals surface area contributed by atoms with Crippen LogP contribution in [0.2, 0.25) is 0 Å². The predicted molar refractivity (Wildman–Crippen MR) is 68.2 cm³/mol. The Kier molecular flexibility index (Phi) is 2.64. The minimum Gasteiger partial charge on any atom is -0.357 e. The van der Waals surface area contributed by atoms with Crippen LogP contribution in [0, 0.1) is 13.8 Å². The fourth-order valence-corrected chi connectivity index (χ4v) is 3.82. The summed E-state index contributed by atoms with van der Waals surface area (Å²) in [5.41, 5.74) is 1.17. The molecule has 88 valence electrons. The van der Waals surface area contributed by atoms with Gasteiger partial charge in [0.05, 0.1) is 5.69 Å². The lowest BCUT2D eigenvalue weighted by Crippen LogP contribution is -2.33. The van der Waals surface area contributed by atoms with Gasteiger partial charge in [-0.05, 0) is 39.7 Å². The van der Waals surface area contributed by atoms with Gasteiger partial charge in [-0.3, -0.25) is 4.90 Å². The number of hydrogen-bond acceptors (Lipinski definition) is 4. The van der Waals surface area contributed by atoms with Crippen LogP contribution in [-0.2, 0) is 0 Å². The predicted octanol–water partition coefficient (Wildman–Crippen LogP) is 2.41. The molecule has 2 aliphatic rings. The van der Waals surface area contributed by atoms with Crippen LogP contribution < -0.4 is 5.32 Å². The van der Waals surface area contributed by atoms with Crippen molar-refractivity contribution in [1.29, 1.82) is 0 Å². The number of aromatic nitrogens is 1. The molecule has 0 saturated carbocycles. The van der Waals surface area contributed by atoms with Gasteiger partial charge >= 0.3 is 0 Å². The van der Waals surface area contributed by atoms with Crippen LogP contribution in [0.1, 0.15) is 29.8 Å². The van der Waals surface area contributed by atoms with Crippen molar-refractivity contribution in [2.24, 2.45) is 0 Å². The lowest BCUT2D eigenvalue weighted by Gasteiger charge is -2.20. The van der Waals surface area contributed by atoms with Crippen molar-refractivity contribution in [3.8, 4) is 0 Å². The third-order valence-electron chi connectivity index (χ3n) is 3.94. The number of hydrogen-bond donors (Lipinski definition) is 1. The molecule has 0 spiro atoms. The molecule has 0 aromatic carbocycles. The van der Waals surface area contributed by atoms with E-state index in [2.05, 4.69) is 29.0 Å². The first-order valence-corrected chi connectivity index (χ1v) is 7.00. The van der Waals surface area contributed by atoms with E-state index in [1.54, 1.807) is 11.3 Å². The van der Waals surface area contributed by atoms with Crippen LogP contribution in [0.5, 0.6) is 0 Å². The zero-order chi connectivity index (χ0) is 11.1. The number of rotatable bonds is 2. The molecule has 2 saturated heterocycles. The van der Waals surface area contributed by atoms with E-state index in [1.165, 1.54) is 42.9 Å². The maximum atomic E-state index is 4.58. The molecule has 1 aromatic heterocycles. The second kappa shape index (κ2) is 4.00. The monoisotopic (exact) mass is 237 g/mol. The van der Waals surface area contributed by atoms with Crippen LogP contribution in [0.4, 0.5) is 5.13 Å². The smallest absolute Gasteiger partial charge is 0.183 e. The molecule has 2 fully saturated rings. The maximum absolute atomic E-state index is 4.58. The molecule has 16 heavy (non-hydrogen) atoms. The normalized spacial score (nSPS) is 29.6. The molecule has 0 bridgehead atoms. The van der Waals surface area contributed by atoms with E-state index in [9.17, 15) is 0 Å². The van der Waals surface area contributed by atoms with Crippen molar-refractivity contribution in [2.75, 3.05) is 18.4 Å². The number of aryl methyl sites for hydroxylation is 2. The summed E-state index contributed by atoms with van der Waals surface area (Å²) in [7, 11) is 0. The van der Waals surface area contributed by atoms with Crippen LogP contribution in [0.3, 0.4) is 0 Å². The van der Waals surface area contributed by atoms with Gasteiger partial charge in [0.25, 0.3) is 0 Å². The number of nitrogens with zero attached hydrogens (tertiary/aromatic N) is 2. The Morgan fingerprint density at radius 1 is 1.31 bits per heavy atom. The maximum Gasteiger partial charge on any atom is 0.183 e. The van der Waals surface area contributed by atoms with Crippen LogP contribution >= 0.6 is 11.3 Å². The standard InChI is InChI=1S/C12H19N3S/c1-8-9(2)16-12(13-8)14-10-5-7-15-6-3-4-11(10)15/h10-11H,3-7H2,1-2H3,(H,13,14). The average Bonchev–Trinajstić information content (AvgIpc) is 2.88. The van der Waals surface area contributed by atoms with E-state index < -0.39 is 0 Å². The Hall–Kier alpha value is -0.610. The molecule has 1 aromatic rings. The first-order valence-electron chi connectivity index (χ1n) is 6.18. The highest BCUT2D eigenvalue weighted by Crippen LogP contribution is 2.31. The van der Waals surface area contributed by atoms with Crippen LogP contribution in [0.15, 0.2) is 0 Å². The Balaban J connectivity index is 1.70. The lowest BCUT2D eigenvalue weighted by atomic mass is 10.1. The Bertz CT molecular complexity index is 368. The molecule has 1 N–H and O–H groups in total. The van der Waals surface area contributed by atoms with Gasteiger partial charge in [0.2, 0.25) is 0 Å². The van der Waals surface area contributed by atoms with Gasteiger partial charge in [0.15, 0.2) is 5.13 Å². The van der Waals surface area contributed by atoms with Gasteiger partial charge in [0.1, 0.15) is 0 Å². The van der Waals surface area contributed by atoms with E-state index in [1.807, 2.05) is 0 Å². The molecule has 3 nitrogen and oxygen atoms in total. The van der Waals surface area contributed by atoms with Gasteiger partial charge in [-0.2, -0.15) is 0 Å². The second-order valence-electron chi connectivity index (χ2n) is 4.95. The zero-order valence-corrected chi connectivity index (χ0v) is 10.8. The molecule has 0 radical (unpaired) electrons. The topological polar surface area (TPSA) is 28.2 Å². The minimum atomic E-state index is 0.632. The molecule has 3 rings (SSSR count). The Morgan fingerprint density at radius 2 is 2.19 bits per heavy atom. The lowest BCUT2D eigenvalue weighted by molar-refractivity contribution is 0.318. The summed E-state index contributed by atoms with van der Waals surface area (Å²) in [4.78, 5) is 8.54. The first-order chi connectivity index (χ1) is 7.74. The van der Waals surface area contributed by atoms with Crippen molar-refractivity contribution >= 4 is 16.5 Å². The van der Waals surface area contributed by atoms with Crippen LogP contribution in [0.25, 0.3) is 0 Å². The number of fused-ring (bicyclic) bond motifs is 1. The van der Waals surface area contributed by atoms with E-state index in [-0.39, 0.29) is 0 Å². The molecule has 0 aliphatic carbocycles. The zero-order valence-electron chi connectivity index (χ0n) is 9.99. The highest BCUT2D eigenvalue weighted by Gasteiger charge is 2.37. The molecular formula is C12H19N3S. The summed E-state index contributed by atoms with van der Waals surface area (Å²) < 4.78 is 0. The number of nitrogens with one attached hydrogen (secondary N) is 1. The molecule has 2 aliphatic heterocycles. The molecule has 2 unspecified atom stereocenters. The van der Waals surface area contributed by atoms with E-state index in [0.29, 0.717) is 6.04 Å². The van der Waals surface area contributed by atoms with Crippen molar-refractivity contribution < 1.29 is 0 Å². The van der Waals surface area contributed by atoms with Gasteiger partial charge in [0, 0.05) is 23.5 Å². The van der Waals surface area contributed by atoms with E-state index in [0.717, 1.165) is 11.2 Å². The summed E-state index contributed by atoms with van der Waals surface area (Å²) in [6, 6.07) is 1.40. The third kappa shape index (κ3) is 1.74. The molecule has 2 atom stereocenters. The molecular weight excluding hydrogens is 218 g/mol. The van der Waals surface area contributed by atoms with Crippen LogP contribution in [-0.4, -0.2) is 35.1 Å². The van der Waals surface area contributed by atoms with Crippen molar-refractivity contribution in [2.45, 2.75) is 45.2 Å². The van der Waals surface area contributed by atoms with Gasteiger partial charge in [-0.1, -0.05) is 0 Å². The fourth-order valence-electron chi connectivity index (χ4n) is 2.94. The largest absolute Gasteiger partial charge is 0.357 e. The average molecular weight is 237 g/mol. The van der Waals surface area contributed by atoms with Crippen molar-refractivity contribution in [3.63, 3.8) is 0 Å². The summed E-state index contributed by atoms with van der Waals surface area (Å²) >= 11 is 1.79. The molecule has 0 amide bonds. The fraction of sp³-hybridized carbons (Fsp3) is 0.750. The SMILES string of the molecule is Cc1nc(NC2CCN3CCCC23)sc1C. The first kappa shape index (κ1) is 10.5. The highest BCUT2D eigenvalue weighted by molar-refractivity contribution is 7.15. The summed E-state index contributed by atoms with van der Waals surface area (Å²) in [6.45, 7) is 6.81.